The number of carbonyl (C=O) groups is 2. The minimum Gasteiger partial charge on any atom is -0.467 e. The van der Waals surface area contributed by atoms with Crippen molar-refractivity contribution in [3.63, 3.8) is 0 Å². The molecule has 2 aliphatic heterocycles. The molecule has 0 atom stereocenters. The van der Waals surface area contributed by atoms with Crippen molar-refractivity contribution in [3.8, 4) is 6.01 Å². The highest BCUT2D eigenvalue weighted by Gasteiger charge is 2.23. The smallest absolute Gasteiger partial charge is 0.318 e. The molecule has 0 spiro atoms. The summed E-state index contributed by atoms with van der Waals surface area (Å²) in [5.41, 5.74) is 0.915. The number of piperazine rings is 1. The van der Waals surface area contributed by atoms with Gasteiger partial charge in [-0.1, -0.05) is 43.0 Å². The van der Waals surface area contributed by atoms with Crippen LogP contribution in [0, 0.1) is 0 Å². The van der Waals surface area contributed by atoms with Crippen molar-refractivity contribution in [3.05, 3.63) is 66.9 Å². The van der Waals surface area contributed by atoms with Crippen LogP contribution in [0.25, 0.3) is 10.8 Å². The summed E-state index contributed by atoms with van der Waals surface area (Å²) in [5, 5.41) is 4.93. The van der Waals surface area contributed by atoms with Crippen molar-refractivity contribution in [2.24, 2.45) is 0 Å². The van der Waals surface area contributed by atoms with Gasteiger partial charge in [-0.25, -0.2) is 0 Å². The molecule has 0 aliphatic carbocycles. The van der Waals surface area contributed by atoms with Gasteiger partial charge in [-0.2, -0.15) is 9.97 Å². The quantitative estimate of drug-likeness (QED) is 0.535. The molecule has 3 aromatic rings. The molecule has 9 heteroatoms. The van der Waals surface area contributed by atoms with Crippen LogP contribution in [-0.2, 0) is 4.79 Å². The SMILES string of the molecule is C=CC(=O)N1CCN(c2cc(C(=O)Nc3cccc4ccccc34)nc(OC)n2)CC1.CN1CCCC1. The van der Waals surface area contributed by atoms with E-state index >= 15 is 0 Å². The van der Waals surface area contributed by atoms with E-state index in [2.05, 4.69) is 33.8 Å². The molecule has 5 rings (SSSR count). The Hall–Kier alpha value is -3.98. The van der Waals surface area contributed by atoms with E-state index in [1.165, 1.54) is 39.1 Å². The summed E-state index contributed by atoms with van der Waals surface area (Å²) in [6.45, 7) is 8.45. The molecule has 2 amide bonds. The highest BCUT2D eigenvalue weighted by Crippen LogP contribution is 2.24. The van der Waals surface area contributed by atoms with Gasteiger partial charge in [-0.15, -0.1) is 0 Å². The van der Waals surface area contributed by atoms with Gasteiger partial charge in [0.05, 0.1) is 7.11 Å². The number of fused-ring (bicyclic) bond motifs is 1. The molecule has 0 unspecified atom stereocenters. The van der Waals surface area contributed by atoms with E-state index in [1.54, 1.807) is 11.0 Å². The lowest BCUT2D eigenvalue weighted by Gasteiger charge is -2.35. The first-order chi connectivity index (χ1) is 18.0. The summed E-state index contributed by atoms with van der Waals surface area (Å²) in [7, 11) is 3.64. The highest BCUT2D eigenvalue weighted by molar-refractivity contribution is 6.08. The monoisotopic (exact) mass is 502 g/mol. The maximum Gasteiger partial charge on any atom is 0.318 e. The first kappa shape index (κ1) is 26.1. The molecule has 3 heterocycles. The van der Waals surface area contributed by atoms with Crippen molar-refractivity contribution in [1.29, 1.82) is 0 Å². The average molecular weight is 503 g/mol. The first-order valence-electron chi connectivity index (χ1n) is 12.6. The summed E-state index contributed by atoms with van der Waals surface area (Å²) in [5.74, 6) is 0.148. The maximum absolute atomic E-state index is 13.0. The lowest BCUT2D eigenvalue weighted by atomic mass is 10.1. The van der Waals surface area contributed by atoms with Gasteiger partial charge >= 0.3 is 6.01 Å². The van der Waals surface area contributed by atoms with E-state index in [9.17, 15) is 9.59 Å². The lowest BCUT2D eigenvalue weighted by Crippen LogP contribution is -2.48. The van der Waals surface area contributed by atoms with Gasteiger partial charge in [0.25, 0.3) is 5.91 Å². The van der Waals surface area contributed by atoms with Crippen LogP contribution in [-0.4, -0.2) is 85.0 Å². The Morgan fingerprint density at radius 3 is 2.32 bits per heavy atom. The fourth-order valence-corrected chi connectivity index (χ4v) is 4.46. The number of nitrogens with zero attached hydrogens (tertiary/aromatic N) is 5. The number of likely N-dealkylation sites (tertiary alicyclic amines) is 1. The van der Waals surface area contributed by atoms with Crippen LogP contribution in [0.1, 0.15) is 23.3 Å². The average Bonchev–Trinajstić information content (AvgIpc) is 3.43. The predicted octanol–water partition coefficient (Wildman–Crippen LogP) is 3.44. The number of anilines is 2. The van der Waals surface area contributed by atoms with Gasteiger partial charge in [-0.05, 0) is 50.5 Å². The number of ether oxygens (including phenoxy) is 1. The fourth-order valence-electron chi connectivity index (χ4n) is 4.46. The molecule has 1 aromatic heterocycles. The number of hydrogen-bond acceptors (Lipinski definition) is 7. The van der Waals surface area contributed by atoms with E-state index in [1.807, 2.05) is 47.4 Å². The summed E-state index contributed by atoms with van der Waals surface area (Å²) < 4.78 is 5.23. The van der Waals surface area contributed by atoms with Crippen molar-refractivity contribution < 1.29 is 14.3 Å². The van der Waals surface area contributed by atoms with E-state index in [-0.39, 0.29) is 23.5 Å². The third-order valence-electron chi connectivity index (χ3n) is 6.56. The standard InChI is InChI=1S/C23H23N5O3.C5H11N/c1-3-21(29)28-13-11-27(12-14-28)20-15-19(25-23(26-20)31-2)22(30)24-18-10-6-8-16-7-4-5-9-17(16)18;1-6-4-2-3-5-6/h3-10,15H,1,11-14H2,2H3,(H,24,30);2-5H2,1H3. The Labute approximate surface area is 217 Å². The number of hydrogen-bond donors (Lipinski definition) is 1. The van der Waals surface area contributed by atoms with Gasteiger partial charge in [0.15, 0.2) is 0 Å². The van der Waals surface area contributed by atoms with Crippen LogP contribution in [0.2, 0.25) is 0 Å². The van der Waals surface area contributed by atoms with Gasteiger partial charge in [0.2, 0.25) is 5.91 Å². The second kappa shape index (κ2) is 12.3. The minimum atomic E-state index is -0.348. The van der Waals surface area contributed by atoms with E-state index < -0.39 is 0 Å². The molecule has 9 nitrogen and oxygen atoms in total. The third kappa shape index (κ3) is 6.62. The molecule has 194 valence electrons. The van der Waals surface area contributed by atoms with Crippen LogP contribution < -0.4 is 15.0 Å². The Balaban J connectivity index is 0.000000469. The molecule has 37 heavy (non-hydrogen) atoms. The Morgan fingerprint density at radius 2 is 1.68 bits per heavy atom. The molecule has 2 aliphatic rings. The molecular weight excluding hydrogens is 468 g/mol. The number of amides is 2. The number of rotatable bonds is 5. The number of nitrogens with one attached hydrogen (secondary N) is 1. The molecule has 0 bridgehead atoms. The van der Waals surface area contributed by atoms with Crippen LogP contribution in [0.5, 0.6) is 6.01 Å². The molecule has 0 radical (unpaired) electrons. The van der Waals surface area contributed by atoms with Crippen molar-refractivity contribution >= 4 is 34.1 Å². The van der Waals surface area contributed by atoms with Crippen molar-refractivity contribution in [2.75, 3.05) is 63.6 Å². The highest BCUT2D eigenvalue weighted by atomic mass is 16.5. The molecule has 0 saturated carbocycles. The van der Waals surface area contributed by atoms with Crippen molar-refractivity contribution in [2.45, 2.75) is 12.8 Å². The van der Waals surface area contributed by atoms with E-state index in [4.69, 9.17) is 4.74 Å². The zero-order valence-electron chi connectivity index (χ0n) is 21.5. The number of methoxy groups -OCH3 is 1. The summed E-state index contributed by atoms with van der Waals surface area (Å²) in [6, 6.07) is 15.3. The fraction of sp³-hybridized carbons (Fsp3) is 0.357. The molecule has 2 fully saturated rings. The molecule has 2 saturated heterocycles. The zero-order chi connectivity index (χ0) is 26.2. The van der Waals surface area contributed by atoms with Crippen LogP contribution >= 0.6 is 0 Å². The van der Waals surface area contributed by atoms with Gasteiger partial charge in [0.1, 0.15) is 11.5 Å². The topological polar surface area (TPSA) is 90.9 Å². The van der Waals surface area contributed by atoms with E-state index in [0.29, 0.717) is 37.7 Å². The zero-order valence-corrected chi connectivity index (χ0v) is 21.5. The Morgan fingerprint density at radius 1 is 0.973 bits per heavy atom. The number of benzene rings is 2. The second-order valence-electron chi connectivity index (χ2n) is 9.11. The minimum absolute atomic E-state index is 0.0879. The number of aromatic nitrogens is 2. The van der Waals surface area contributed by atoms with Crippen LogP contribution in [0.4, 0.5) is 11.5 Å². The van der Waals surface area contributed by atoms with Gasteiger partial charge in [0, 0.05) is 43.3 Å². The van der Waals surface area contributed by atoms with Crippen molar-refractivity contribution in [1.82, 2.24) is 19.8 Å². The third-order valence-corrected chi connectivity index (χ3v) is 6.56. The Kier molecular flexibility index (Phi) is 8.68. The second-order valence-corrected chi connectivity index (χ2v) is 9.11. The summed E-state index contributed by atoms with van der Waals surface area (Å²) in [6.07, 6.45) is 4.14. The lowest BCUT2D eigenvalue weighted by molar-refractivity contribution is -0.126. The summed E-state index contributed by atoms with van der Waals surface area (Å²) in [4.78, 5) is 39.5. The van der Waals surface area contributed by atoms with E-state index in [0.717, 1.165) is 10.8 Å². The molecular formula is C28H34N6O3. The maximum atomic E-state index is 13.0. The first-order valence-corrected chi connectivity index (χ1v) is 12.6. The Bertz CT molecular complexity index is 1240. The normalized spacial score (nSPS) is 15.6. The summed E-state index contributed by atoms with van der Waals surface area (Å²) >= 11 is 0. The van der Waals surface area contributed by atoms with Gasteiger partial charge < -0.3 is 24.8 Å². The molecule has 2 aromatic carbocycles. The van der Waals surface area contributed by atoms with Crippen LogP contribution in [0.3, 0.4) is 0 Å². The molecule has 1 N–H and O–H groups in total. The predicted molar refractivity (Wildman–Crippen MR) is 146 cm³/mol. The van der Waals surface area contributed by atoms with Gasteiger partial charge in [-0.3, -0.25) is 9.59 Å². The largest absolute Gasteiger partial charge is 0.467 e. The van der Waals surface area contributed by atoms with Crippen LogP contribution in [0.15, 0.2) is 61.2 Å². The number of carbonyl (C=O) groups excluding carboxylic acids is 2.